The van der Waals surface area contributed by atoms with E-state index in [-0.39, 0.29) is 5.56 Å². The number of anilines is 2. The lowest BCUT2D eigenvalue weighted by atomic mass is 10.2. The molecule has 100 valence electrons. The first-order valence-electron chi connectivity index (χ1n) is 6.05. The maximum Gasteiger partial charge on any atom is 0.337 e. The van der Waals surface area contributed by atoms with Crippen LogP contribution in [0.25, 0.3) is 11.0 Å². The van der Waals surface area contributed by atoms with Crippen LogP contribution in [0.1, 0.15) is 16.1 Å². The van der Waals surface area contributed by atoms with E-state index in [1.165, 1.54) is 6.33 Å². The quantitative estimate of drug-likeness (QED) is 0.679. The van der Waals surface area contributed by atoms with E-state index in [9.17, 15) is 9.90 Å². The van der Waals surface area contributed by atoms with Crippen molar-refractivity contribution in [2.45, 2.75) is 6.92 Å². The molecule has 0 aliphatic carbocycles. The van der Waals surface area contributed by atoms with Crippen molar-refractivity contribution in [3.05, 3.63) is 47.9 Å². The van der Waals surface area contributed by atoms with Crippen LogP contribution in [0.3, 0.4) is 0 Å². The summed E-state index contributed by atoms with van der Waals surface area (Å²) in [6.07, 6.45) is 1.43. The summed E-state index contributed by atoms with van der Waals surface area (Å²) in [5.74, 6) is -0.406. The first-order valence-corrected chi connectivity index (χ1v) is 6.05. The van der Waals surface area contributed by atoms with Crippen LogP contribution in [0.15, 0.2) is 36.7 Å². The van der Waals surface area contributed by atoms with Crippen molar-refractivity contribution in [3.8, 4) is 0 Å². The van der Waals surface area contributed by atoms with Gasteiger partial charge in [0.2, 0.25) is 0 Å². The molecule has 3 N–H and O–H groups in total. The van der Waals surface area contributed by atoms with Crippen molar-refractivity contribution in [2.75, 3.05) is 5.32 Å². The second-order valence-electron chi connectivity index (χ2n) is 4.41. The highest BCUT2D eigenvalue weighted by molar-refractivity contribution is 5.97. The van der Waals surface area contributed by atoms with Gasteiger partial charge in [-0.3, -0.25) is 0 Å². The van der Waals surface area contributed by atoms with E-state index in [1.807, 2.05) is 13.0 Å². The van der Waals surface area contributed by atoms with Gasteiger partial charge in [-0.1, -0.05) is 12.1 Å². The summed E-state index contributed by atoms with van der Waals surface area (Å²) in [5, 5.41) is 13.1. The molecule has 3 aromatic rings. The third-order valence-electron chi connectivity index (χ3n) is 2.97. The number of nitrogens with one attached hydrogen (secondary N) is 2. The Labute approximate surface area is 114 Å². The number of aromatic carboxylic acids is 1. The predicted octanol–water partition coefficient (Wildman–Crippen LogP) is 2.71. The van der Waals surface area contributed by atoms with Gasteiger partial charge in [-0.15, -0.1) is 0 Å². The Morgan fingerprint density at radius 2 is 2.10 bits per heavy atom. The number of aryl methyl sites for hydroxylation is 1. The molecule has 0 aliphatic rings. The molecular weight excluding hydrogens is 256 g/mol. The van der Waals surface area contributed by atoms with Gasteiger partial charge in [0.05, 0.1) is 16.6 Å². The Hall–Kier alpha value is -2.89. The lowest BCUT2D eigenvalue weighted by Crippen LogP contribution is -2.03. The van der Waals surface area contributed by atoms with Gasteiger partial charge >= 0.3 is 5.97 Å². The number of rotatable bonds is 3. The van der Waals surface area contributed by atoms with Crippen molar-refractivity contribution in [1.82, 2.24) is 15.0 Å². The molecule has 1 aromatic carbocycles. The number of hydrogen-bond acceptors (Lipinski definition) is 4. The number of nitrogens with zero attached hydrogens (tertiary/aromatic N) is 2. The largest absolute Gasteiger partial charge is 0.478 e. The van der Waals surface area contributed by atoms with Gasteiger partial charge in [0.1, 0.15) is 17.8 Å². The van der Waals surface area contributed by atoms with E-state index in [4.69, 9.17) is 0 Å². The lowest BCUT2D eigenvalue weighted by molar-refractivity contribution is 0.0698. The number of hydrogen-bond donors (Lipinski definition) is 3. The molecule has 0 unspecified atom stereocenters. The molecule has 0 radical (unpaired) electrons. The minimum Gasteiger partial charge on any atom is -0.478 e. The van der Waals surface area contributed by atoms with Crippen molar-refractivity contribution in [3.63, 3.8) is 0 Å². The monoisotopic (exact) mass is 268 g/mol. The van der Waals surface area contributed by atoms with E-state index < -0.39 is 5.97 Å². The molecule has 20 heavy (non-hydrogen) atoms. The SMILES string of the molecule is Cc1cc2c(Nc3ccccc3C(=O)O)ncnc2[nH]1. The zero-order valence-electron chi connectivity index (χ0n) is 10.7. The number of aromatic nitrogens is 3. The summed E-state index contributed by atoms with van der Waals surface area (Å²) in [5.41, 5.74) is 2.38. The van der Waals surface area contributed by atoms with Crippen LogP contribution in [-0.4, -0.2) is 26.0 Å². The first kappa shape index (κ1) is 12.2. The molecule has 0 fully saturated rings. The van der Waals surface area contributed by atoms with Crippen molar-refractivity contribution >= 4 is 28.5 Å². The number of carboxylic acid groups (broad SMARTS) is 1. The molecule has 0 aliphatic heterocycles. The minimum absolute atomic E-state index is 0.200. The molecule has 6 nitrogen and oxygen atoms in total. The summed E-state index contributed by atoms with van der Waals surface area (Å²) in [6, 6.07) is 8.63. The third-order valence-corrected chi connectivity index (χ3v) is 2.97. The van der Waals surface area contributed by atoms with E-state index in [0.717, 1.165) is 11.1 Å². The van der Waals surface area contributed by atoms with E-state index in [0.29, 0.717) is 17.2 Å². The molecule has 3 rings (SSSR count). The fourth-order valence-electron chi connectivity index (χ4n) is 2.08. The maximum atomic E-state index is 11.2. The summed E-state index contributed by atoms with van der Waals surface area (Å²) >= 11 is 0. The van der Waals surface area contributed by atoms with E-state index in [2.05, 4.69) is 20.3 Å². The number of carbonyl (C=O) groups is 1. The van der Waals surface area contributed by atoms with Crippen LogP contribution in [0.5, 0.6) is 0 Å². The average Bonchev–Trinajstić information content (AvgIpc) is 2.80. The van der Waals surface area contributed by atoms with Gasteiger partial charge in [-0.05, 0) is 25.1 Å². The first-order chi connectivity index (χ1) is 9.65. The Balaban J connectivity index is 2.08. The van der Waals surface area contributed by atoms with Gasteiger partial charge in [0.15, 0.2) is 0 Å². The topological polar surface area (TPSA) is 90.9 Å². The zero-order chi connectivity index (χ0) is 14.1. The Morgan fingerprint density at radius 1 is 1.30 bits per heavy atom. The van der Waals surface area contributed by atoms with Gasteiger partial charge in [-0.2, -0.15) is 0 Å². The van der Waals surface area contributed by atoms with Gasteiger partial charge < -0.3 is 15.4 Å². The number of carboxylic acids is 1. The molecular formula is C14H12N4O2. The Bertz CT molecular complexity index is 795. The molecule has 0 saturated heterocycles. The molecule has 0 bridgehead atoms. The summed E-state index contributed by atoms with van der Waals surface area (Å²) < 4.78 is 0. The minimum atomic E-state index is -0.983. The number of para-hydroxylation sites is 1. The van der Waals surface area contributed by atoms with E-state index in [1.54, 1.807) is 24.3 Å². The second kappa shape index (κ2) is 4.65. The number of fused-ring (bicyclic) bond motifs is 1. The molecule has 6 heteroatoms. The van der Waals surface area contributed by atoms with Gasteiger partial charge in [0, 0.05) is 5.69 Å². The van der Waals surface area contributed by atoms with Crippen LogP contribution in [0.4, 0.5) is 11.5 Å². The van der Waals surface area contributed by atoms with Crippen LogP contribution >= 0.6 is 0 Å². The lowest BCUT2D eigenvalue weighted by Gasteiger charge is -2.09. The van der Waals surface area contributed by atoms with Gasteiger partial charge in [0.25, 0.3) is 0 Å². The van der Waals surface area contributed by atoms with Gasteiger partial charge in [-0.25, -0.2) is 14.8 Å². The smallest absolute Gasteiger partial charge is 0.337 e. The second-order valence-corrected chi connectivity index (χ2v) is 4.41. The fourth-order valence-corrected chi connectivity index (χ4v) is 2.08. The van der Waals surface area contributed by atoms with Crippen molar-refractivity contribution in [1.29, 1.82) is 0 Å². The number of H-pyrrole nitrogens is 1. The van der Waals surface area contributed by atoms with E-state index >= 15 is 0 Å². The van der Waals surface area contributed by atoms with Crippen molar-refractivity contribution < 1.29 is 9.90 Å². The Morgan fingerprint density at radius 3 is 2.90 bits per heavy atom. The molecule has 2 heterocycles. The van der Waals surface area contributed by atoms with Crippen molar-refractivity contribution in [2.24, 2.45) is 0 Å². The normalized spacial score (nSPS) is 10.7. The highest BCUT2D eigenvalue weighted by atomic mass is 16.4. The standard InChI is InChI=1S/C14H12N4O2/c1-8-6-10-12(17-8)15-7-16-13(10)18-11-5-3-2-4-9(11)14(19)20/h2-7H,1H3,(H,19,20)(H2,15,16,17,18). The molecule has 0 atom stereocenters. The zero-order valence-corrected chi connectivity index (χ0v) is 10.7. The molecule has 0 amide bonds. The predicted molar refractivity (Wildman–Crippen MR) is 75.3 cm³/mol. The number of benzene rings is 1. The van der Waals surface area contributed by atoms with Crippen LogP contribution in [0.2, 0.25) is 0 Å². The fraction of sp³-hybridized carbons (Fsp3) is 0.0714. The Kier molecular flexibility index (Phi) is 2.83. The van der Waals surface area contributed by atoms with Crippen LogP contribution in [0, 0.1) is 6.92 Å². The van der Waals surface area contributed by atoms with Crippen LogP contribution < -0.4 is 5.32 Å². The molecule has 0 spiro atoms. The maximum absolute atomic E-state index is 11.2. The summed E-state index contributed by atoms with van der Waals surface area (Å²) in [6.45, 7) is 1.93. The summed E-state index contributed by atoms with van der Waals surface area (Å²) in [7, 11) is 0. The number of aromatic amines is 1. The highest BCUT2D eigenvalue weighted by Crippen LogP contribution is 2.25. The average molecular weight is 268 g/mol. The molecule has 0 saturated carbocycles. The van der Waals surface area contributed by atoms with Crippen LogP contribution in [-0.2, 0) is 0 Å². The third kappa shape index (κ3) is 2.07. The molecule has 2 aromatic heterocycles. The summed E-state index contributed by atoms with van der Waals surface area (Å²) in [4.78, 5) is 22.6. The highest BCUT2D eigenvalue weighted by Gasteiger charge is 2.12.